The van der Waals surface area contributed by atoms with Gasteiger partial charge in [-0.05, 0) is 40.5 Å². The van der Waals surface area contributed by atoms with Crippen molar-refractivity contribution in [2.24, 2.45) is 0 Å². The van der Waals surface area contributed by atoms with Crippen LogP contribution in [0.25, 0.3) is 11.4 Å². The third-order valence-electron chi connectivity index (χ3n) is 2.83. The van der Waals surface area contributed by atoms with Gasteiger partial charge in [0, 0.05) is 18.0 Å². The van der Waals surface area contributed by atoms with Gasteiger partial charge < -0.3 is 9.47 Å². The zero-order valence-electron chi connectivity index (χ0n) is 11.6. The number of unbranched alkanes of at least 4 members (excludes halogenated alkanes) is 1. The number of halogens is 1. The third kappa shape index (κ3) is 3.28. The van der Waals surface area contributed by atoms with E-state index in [0.717, 1.165) is 22.9 Å². The van der Waals surface area contributed by atoms with E-state index >= 15 is 0 Å². The van der Waals surface area contributed by atoms with E-state index < -0.39 is 0 Å². The van der Waals surface area contributed by atoms with E-state index in [0.29, 0.717) is 23.9 Å². The van der Waals surface area contributed by atoms with Crippen molar-refractivity contribution in [1.29, 1.82) is 0 Å². The molecule has 0 aliphatic rings. The van der Waals surface area contributed by atoms with Crippen molar-refractivity contribution in [2.75, 3.05) is 13.7 Å². The number of benzene rings is 1. The lowest BCUT2D eigenvalue weighted by molar-refractivity contribution is 0.286. The van der Waals surface area contributed by atoms with E-state index in [2.05, 4.69) is 32.8 Å². The smallest absolute Gasteiger partial charge is 0.176 e. The molecule has 20 heavy (non-hydrogen) atoms. The number of hydrogen-bond donors (Lipinski definition) is 0. The summed E-state index contributed by atoms with van der Waals surface area (Å²) in [4.78, 5) is 8.53. The Bertz CT molecular complexity index is 561. The van der Waals surface area contributed by atoms with E-state index in [-0.39, 0.29) is 0 Å². The number of ether oxygens (including phenoxy) is 2. The number of nitrogens with zero attached hydrogens (tertiary/aromatic N) is 2. The molecule has 5 heteroatoms. The van der Waals surface area contributed by atoms with Crippen LogP contribution in [0.15, 0.2) is 35.1 Å². The number of aromatic nitrogens is 2. The van der Waals surface area contributed by atoms with Crippen molar-refractivity contribution in [3.8, 4) is 22.9 Å². The first-order valence-corrected chi connectivity index (χ1v) is 7.34. The lowest BCUT2D eigenvalue weighted by Gasteiger charge is -2.14. The molecule has 0 aliphatic carbocycles. The van der Waals surface area contributed by atoms with E-state index in [1.165, 1.54) is 0 Å². The first-order valence-electron chi connectivity index (χ1n) is 6.54. The van der Waals surface area contributed by atoms with Crippen LogP contribution >= 0.6 is 15.9 Å². The second-order valence-corrected chi connectivity index (χ2v) is 5.03. The zero-order valence-corrected chi connectivity index (χ0v) is 13.2. The van der Waals surface area contributed by atoms with E-state index in [1.807, 2.05) is 12.1 Å². The SMILES string of the molecule is CCCCOc1c(OC)ccc(-c2ncccn2)c1Br. The molecule has 2 aromatic rings. The molecule has 1 aromatic carbocycles. The molecule has 0 aliphatic heterocycles. The summed E-state index contributed by atoms with van der Waals surface area (Å²) in [6, 6.07) is 5.59. The normalized spacial score (nSPS) is 10.3. The first-order chi connectivity index (χ1) is 9.77. The highest BCUT2D eigenvalue weighted by atomic mass is 79.9. The molecule has 0 saturated heterocycles. The molecule has 0 spiro atoms. The van der Waals surface area contributed by atoms with Gasteiger partial charge in [-0.25, -0.2) is 9.97 Å². The van der Waals surface area contributed by atoms with Gasteiger partial charge in [0.25, 0.3) is 0 Å². The highest BCUT2D eigenvalue weighted by Gasteiger charge is 2.16. The zero-order chi connectivity index (χ0) is 14.4. The largest absolute Gasteiger partial charge is 0.493 e. The molecule has 0 N–H and O–H groups in total. The Labute approximate surface area is 127 Å². The molecular formula is C15H17BrN2O2. The van der Waals surface area contributed by atoms with Gasteiger partial charge in [-0.2, -0.15) is 0 Å². The Kier molecular flexibility index (Phi) is 5.35. The van der Waals surface area contributed by atoms with Crippen molar-refractivity contribution >= 4 is 15.9 Å². The first kappa shape index (κ1) is 14.8. The average molecular weight is 337 g/mol. The summed E-state index contributed by atoms with van der Waals surface area (Å²) >= 11 is 3.58. The van der Waals surface area contributed by atoms with Gasteiger partial charge in [0.05, 0.1) is 18.2 Å². The summed E-state index contributed by atoms with van der Waals surface area (Å²) in [6.07, 6.45) is 5.52. The quantitative estimate of drug-likeness (QED) is 0.745. The van der Waals surface area contributed by atoms with Crippen molar-refractivity contribution in [3.05, 3.63) is 35.1 Å². The van der Waals surface area contributed by atoms with Crippen LogP contribution in [0, 0.1) is 0 Å². The van der Waals surface area contributed by atoms with Gasteiger partial charge in [-0.15, -0.1) is 0 Å². The molecular weight excluding hydrogens is 320 g/mol. The number of rotatable bonds is 6. The van der Waals surface area contributed by atoms with Gasteiger partial charge in [0.2, 0.25) is 0 Å². The van der Waals surface area contributed by atoms with Gasteiger partial charge >= 0.3 is 0 Å². The monoisotopic (exact) mass is 336 g/mol. The van der Waals surface area contributed by atoms with Gasteiger partial charge in [-0.3, -0.25) is 0 Å². The summed E-state index contributed by atoms with van der Waals surface area (Å²) in [5.74, 6) is 2.06. The van der Waals surface area contributed by atoms with E-state index in [1.54, 1.807) is 25.6 Å². The van der Waals surface area contributed by atoms with Crippen LogP contribution in [0.2, 0.25) is 0 Å². The fourth-order valence-electron chi connectivity index (χ4n) is 1.76. The second kappa shape index (κ2) is 7.24. The van der Waals surface area contributed by atoms with Crippen molar-refractivity contribution in [1.82, 2.24) is 9.97 Å². The molecule has 2 rings (SSSR count). The molecule has 0 fully saturated rings. The summed E-state index contributed by atoms with van der Waals surface area (Å²) in [6.45, 7) is 2.79. The minimum absolute atomic E-state index is 0.655. The third-order valence-corrected chi connectivity index (χ3v) is 3.62. The molecule has 0 saturated carbocycles. The van der Waals surface area contributed by atoms with Crippen LogP contribution in [0.5, 0.6) is 11.5 Å². The van der Waals surface area contributed by atoms with Gasteiger partial charge in [-0.1, -0.05) is 13.3 Å². The van der Waals surface area contributed by atoms with Crippen molar-refractivity contribution < 1.29 is 9.47 Å². The second-order valence-electron chi connectivity index (χ2n) is 4.23. The average Bonchev–Trinajstić information content (AvgIpc) is 2.49. The Morgan fingerprint density at radius 1 is 1.20 bits per heavy atom. The fraction of sp³-hybridized carbons (Fsp3) is 0.333. The molecule has 0 radical (unpaired) electrons. The topological polar surface area (TPSA) is 44.2 Å². The predicted octanol–water partition coefficient (Wildman–Crippen LogP) is 4.09. The van der Waals surface area contributed by atoms with E-state index in [9.17, 15) is 0 Å². The summed E-state index contributed by atoms with van der Waals surface area (Å²) in [5.41, 5.74) is 0.887. The molecule has 1 aromatic heterocycles. The predicted molar refractivity (Wildman–Crippen MR) is 82.1 cm³/mol. The molecule has 0 unspecified atom stereocenters. The minimum atomic E-state index is 0.655. The lowest BCUT2D eigenvalue weighted by atomic mass is 10.2. The van der Waals surface area contributed by atoms with E-state index in [4.69, 9.17) is 9.47 Å². The summed E-state index contributed by atoms with van der Waals surface area (Å²) < 4.78 is 12.0. The minimum Gasteiger partial charge on any atom is -0.493 e. The molecule has 0 bridgehead atoms. The maximum absolute atomic E-state index is 5.83. The molecule has 0 amide bonds. The standard InChI is InChI=1S/C15H17BrN2O2/c1-3-4-10-20-14-12(19-2)7-6-11(13(14)16)15-17-8-5-9-18-15/h5-9H,3-4,10H2,1-2H3. The highest BCUT2D eigenvalue weighted by molar-refractivity contribution is 9.10. The summed E-state index contributed by atoms with van der Waals surface area (Å²) in [5, 5.41) is 0. The van der Waals surface area contributed by atoms with Crippen molar-refractivity contribution in [3.63, 3.8) is 0 Å². The Hall–Kier alpha value is -1.62. The van der Waals surface area contributed by atoms with Crippen molar-refractivity contribution in [2.45, 2.75) is 19.8 Å². The molecule has 1 heterocycles. The lowest BCUT2D eigenvalue weighted by Crippen LogP contribution is -2.01. The highest BCUT2D eigenvalue weighted by Crippen LogP contribution is 2.41. The van der Waals surface area contributed by atoms with Crippen LogP contribution in [0.3, 0.4) is 0 Å². The van der Waals surface area contributed by atoms with Gasteiger partial charge in [0.1, 0.15) is 0 Å². The number of methoxy groups -OCH3 is 1. The maximum Gasteiger partial charge on any atom is 0.176 e. The molecule has 106 valence electrons. The number of hydrogen-bond acceptors (Lipinski definition) is 4. The van der Waals surface area contributed by atoms with Crippen LogP contribution in [0.4, 0.5) is 0 Å². The van der Waals surface area contributed by atoms with Crippen LogP contribution in [0.1, 0.15) is 19.8 Å². The van der Waals surface area contributed by atoms with Gasteiger partial charge in [0.15, 0.2) is 17.3 Å². The van der Waals surface area contributed by atoms with Crippen LogP contribution < -0.4 is 9.47 Å². The molecule has 0 atom stereocenters. The van der Waals surface area contributed by atoms with Crippen LogP contribution in [-0.2, 0) is 0 Å². The van der Waals surface area contributed by atoms with Crippen LogP contribution in [-0.4, -0.2) is 23.7 Å². The summed E-state index contributed by atoms with van der Waals surface area (Å²) in [7, 11) is 1.63. The Morgan fingerprint density at radius 3 is 2.60 bits per heavy atom. The maximum atomic E-state index is 5.83. The Morgan fingerprint density at radius 2 is 1.95 bits per heavy atom. The fourth-order valence-corrected chi connectivity index (χ4v) is 2.38. The molecule has 4 nitrogen and oxygen atoms in total. The Balaban J connectivity index is 2.38.